The van der Waals surface area contributed by atoms with Crippen LogP contribution < -0.4 is 10.6 Å². The van der Waals surface area contributed by atoms with Crippen molar-refractivity contribution in [2.75, 3.05) is 6.54 Å². The fraction of sp³-hybridized carbons (Fsp3) is 0.438. The summed E-state index contributed by atoms with van der Waals surface area (Å²) in [7, 11) is 0. The van der Waals surface area contributed by atoms with Crippen LogP contribution in [0, 0.1) is 5.82 Å². The molecular formula is C16H19FN2O4. The molecule has 0 unspecified atom stereocenters. The summed E-state index contributed by atoms with van der Waals surface area (Å²) in [4.78, 5) is 34.4. The molecule has 23 heavy (non-hydrogen) atoms. The van der Waals surface area contributed by atoms with E-state index in [-0.39, 0.29) is 19.4 Å². The molecule has 1 aromatic rings. The normalized spacial score (nSPS) is 15.3. The van der Waals surface area contributed by atoms with Crippen LogP contribution in [0.1, 0.15) is 31.2 Å². The molecule has 124 valence electrons. The average molecular weight is 322 g/mol. The molecule has 1 fully saturated rings. The van der Waals surface area contributed by atoms with Gasteiger partial charge in [-0.2, -0.15) is 0 Å². The third-order valence-corrected chi connectivity index (χ3v) is 3.90. The fourth-order valence-electron chi connectivity index (χ4n) is 2.65. The van der Waals surface area contributed by atoms with Crippen molar-refractivity contribution in [2.45, 2.75) is 37.6 Å². The Morgan fingerprint density at radius 2 is 1.96 bits per heavy atom. The standard InChI is InChI=1S/C16H19FN2O4/c17-12-4-1-3-11(7-12)8-13(20)18-10-14(21)19-16(5-2-6-16)9-15(22)23/h1,3-4,7H,2,5-6,8-10H2,(H,18,20)(H,19,21)(H,22,23). The topological polar surface area (TPSA) is 95.5 Å². The first-order chi connectivity index (χ1) is 10.9. The predicted molar refractivity (Wildman–Crippen MR) is 80.1 cm³/mol. The van der Waals surface area contributed by atoms with Crippen molar-refractivity contribution in [3.63, 3.8) is 0 Å². The van der Waals surface area contributed by atoms with Gasteiger partial charge in [0.2, 0.25) is 11.8 Å². The van der Waals surface area contributed by atoms with Crippen LogP contribution in [0.2, 0.25) is 0 Å². The molecular weight excluding hydrogens is 303 g/mol. The summed E-state index contributed by atoms with van der Waals surface area (Å²) in [6.45, 7) is -0.227. The number of carboxylic acids is 1. The Morgan fingerprint density at radius 1 is 1.22 bits per heavy atom. The number of amides is 2. The van der Waals surface area contributed by atoms with Gasteiger partial charge in [-0.05, 0) is 37.0 Å². The van der Waals surface area contributed by atoms with Gasteiger partial charge in [-0.3, -0.25) is 14.4 Å². The fourth-order valence-corrected chi connectivity index (χ4v) is 2.65. The van der Waals surface area contributed by atoms with Gasteiger partial charge in [0.05, 0.1) is 24.9 Å². The monoisotopic (exact) mass is 322 g/mol. The molecule has 0 saturated heterocycles. The summed E-state index contributed by atoms with van der Waals surface area (Å²) < 4.78 is 13.0. The highest BCUT2D eigenvalue weighted by Crippen LogP contribution is 2.34. The minimum Gasteiger partial charge on any atom is -0.481 e. The molecule has 0 radical (unpaired) electrons. The minimum absolute atomic E-state index is 0.0225. The first-order valence-corrected chi connectivity index (χ1v) is 7.42. The Balaban J connectivity index is 1.77. The van der Waals surface area contributed by atoms with Crippen LogP contribution in [0.25, 0.3) is 0 Å². The lowest BCUT2D eigenvalue weighted by molar-refractivity contribution is -0.140. The van der Waals surface area contributed by atoms with E-state index >= 15 is 0 Å². The lowest BCUT2D eigenvalue weighted by Gasteiger charge is -2.41. The summed E-state index contributed by atoms with van der Waals surface area (Å²) in [5.74, 6) is -2.20. The van der Waals surface area contributed by atoms with E-state index in [0.717, 1.165) is 6.42 Å². The molecule has 0 atom stereocenters. The van der Waals surface area contributed by atoms with Crippen LogP contribution in [0.3, 0.4) is 0 Å². The lowest BCUT2D eigenvalue weighted by atomic mass is 9.74. The van der Waals surface area contributed by atoms with E-state index in [1.165, 1.54) is 18.2 Å². The zero-order chi connectivity index (χ0) is 16.9. The van der Waals surface area contributed by atoms with Crippen molar-refractivity contribution < 1.29 is 23.9 Å². The molecule has 1 aromatic carbocycles. The van der Waals surface area contributed by atoms with Gasteiger partial charge in [0.1, 0.15) is 5.82 Å². The van der Waals surface area contributed by atoms with Crippen molar-refractivity contribution in [1.82, 2.24) is 10.6 Å². The zero-order valence-electron chi connectivity index (χ0n) is 12.6. The SMILES string of the molecule is O=C(O)CC1(NC(=O)CNC(=O)Cc2cccc(F)c2)CCC1. The molecule has 1 aliphatic rings. The second-order valence-corrected chi connectivity index (χ2v) is 5.84. The van der Waals surface area contributed by atoms with E-state index in [2.05, 4.69) is 10.6 Å². The maximum Gasteiger partial charge on any atom is 0.305 e. The molecule has 0 heterocycles. The summed E-state index contributed by atoms with van der Waals surface area (Å²) in [6.07, 6.45) is 1.99. The van der Waals surface area contributed by atoms with Crippen LogP contribution in [0.4, 0.5) is 4.39 Å². The van der Waals surface area contributed by atoms with Crippen LogP contribution >= 0.6 is 0 Å². The average Bonchev–Trinajstić information content (AvgIpc) is 2.42. The number of halogens is 1. The number of aliphatic carboxylic acids is 1. The Bertz CT molecular complexity index is 614. The van der Waals surface area contributed by atoms with Gasteiger partial charge < -0.3 is 15.7 Å². The van der Waals surface area contributed by atoms with Crippen molar-refractivity contribution in [3.8, 4) is 0 Å². The van der Waals surface area contributed by atoms with Crippen molar-refractivity contribution >= 4 is 17.8 Å². The Labute approximate surface area is 133 Å². The third kappa shape index (κ3) is 5.05. The first-order valence-electron chi connectivity index (χ1n) is 7.42. The number of carbonyl (C=O) groups is 3. The lowest BCUT2D eigenvalue weighted by Crippen LogP contribution is -2.56. The molecule has 1 aliphatic carbocycles. The number of hydrogen-bond acceptors (Lipinski definition) is 3. The van der Waals surface area contributed by atoms with Crippen molar-refractivity contribution in [1.29, 1.82) is 0 Å². The maximum atomic E-state index is 13.0. The van der Waals surface area contributed by atoms with E-state index in [0.29, 0.717) is 18.4 Å². The van der Waals surface area contributed by atoms with Crippen LogP contribution in [-0.4, -0.2) is 35.0 Å². The van der Waals surface area contributed by atoms with Gasteiger partial charge in [-0.1, -0.05) is 12.1 Å². The van der Waals surface area contributed by atoms with E-state index in [1.807, 2.05) is 0 Å². The molecule has 2 rings (SSSR count). The number of nitrogens with one attached hydrogen (secondary N) is 2. The summed E-state index contributed by atoms with van der Waals surface area (Å²) >= 11 is 0. The highest BCUT2D eigenvalue weighted by Gasteiger charge is 2.40. The Kier molecular flexibility index (Phi) is 5.31. The van der Waals surface area contributed by atoms with Gasteiger partial charge in [-0.15, -0.1) is 0 Å². The molecule has 6 nitrogen and oxygen atoms in total. The summed E-state index contributed by atoms with van der Waals surface area (Å²) in [6, 6.07) is 5.68. The quantitative estimate of drug-likeness (QED) is 0.698. The van der Waals surface area contributed by atoms with Gasteiger partial charge in [0.25, 0.3) is 0 Å². The molecule has 1 saturated carbocycles. The second kappa shape index (κ2) is 7.21. The maximum absolute atomic E-state index is 13.0. The van der Waals surface area contributed by atoms with Gasteiger partial charge in [0, 0.05) is 0 Å². The Morgan fingerprint density at radius 3 is 2.52 bits per heavy atom. The molecule has 0 spiro atoms. The number of carboxylic acid groups (broad SMARTS) is 1. The smallest absolute Gasteiger partial charge is 0.305 e. The van der Waals surface area contributed by atoms with E-state index < -0.39 is 29.1 Å². The van der Waals surface area contributed by atoms with Crippen LogP contribution in [0.5, 0.6) is 0 Å². The number of hydrogen-bond donors (Lipinski definition) is 3. The zero-order valence-corrected chi connectivity index (χ0v) is 12.6. The van der Waals surface area contributed by atoms with E-state index in [4.69, 9.17) is 5.11 Å². The van der Waals surface area contributed by atoms with Crippen molar-refractivity contribution in [3.05, 3.63) is 35.6 Å². The van der Waals surface area contributed by atoms with Gasteiger partial charge in [0.15, 0.2) is 0 Å². The molecule has 7 heteroatoms. The van der Waals surface area contributed by atoms with Gasteiger partial charge in [-0.25, -0.2) is 4.39 Å². The predicted octanol–water partition coefficient (Wildman–Crippen LogP) is 0.998. The molecule has 3 N–H and O–H groups in total. The Hall–Kier alpha value is -2.44. The molecule has 0 aromatic heterocycles. The largest absolute Gasteiger partial charge is 0.481 e. The number of carbonyl (C=O) groups excluding carboxylic acids is 2. The third-order valence-electron chi connectivity index (χ3n) is 3.90. The van der Waals surface area contributed by atoms with Crippen LogP contribution in [-0.2, 0) is 20.8 Å². The molecule has 2 amide bonds. The highest BCUT2D eigenvalue weighted by molar-refractivity contribution is 5.86. The summed E-state index contributed by atoms with van der Waals surface area (Å²) in [5.41, 5.74) is -0.166. The molecule has 0 aliphatic heterocycles. The second-order valence-electron chi connectivity index (χ2n) is 5.84. The first kappa shape index (κ1) is 16.9. The highest BCUT2D eigenvalue weighted by atomic mass is 19.1. The minimum atomic E-state index is -0.958. The number of benzene rings is 1. The number of rotatable bonds is 7. The summed E-state index contributed by atoms with van der Waals surface area (Å²) in [5, 5.41) is 14.0. The van der Waals surface area contributed by atoms with E-state index in [1.54, 1.807) is 6.07 Å². The van der Waals surface area contributed by atoms with Gasteiger partial charge >= 0.3 is 5.97 Å². The van der Waals surface area contributed by atoms with Crippen LogP contribution in [0.15, 0.2) is 24.3 Å². The molecule has 0 bridgehead atoms. The van der Waals surface area contributed by atoms with Crippen molar-refractivity contribution in [2.24, 2.45) is 0 Å². The van der Waals surface area contributed by atoms with E-state index in [9.17, 15) is 18.8 Å².